The molecular formula is C19H16F3NO3. The molecule has 0 heterocycles. The van der Waals surface area contributed by atoms with Crippen molar-refractivity contribution in [3.05, 3.63) is 59.7 Å². The van der Waals surface area contributed by atoms with E-state index in [-0.39, 0.29) is 17.7 Å². The maximum absolute atomic E-state index is 13.4. The summed E-state index contributed by atoms with van der Waals surface area (Å²) in [6, 6.07) is 11.8. The minimum Gasteiger partial charge on any atom is -0.394 e. The fourth-order valence-corrected chi connectivity index (χ4v) is 2.17. The molecule has 1 amide bonds. The molecule has 7 heteroatoms. The number of nitrogens with one attached hydrogen (secondary N) is 1. The van der Waals surface area contributed by atoms with Crippen LogP contribution in [-0.2, 0) is 11.0 Å². The highest BCUT2D eigenvalue weighted by atomic mass is 19.4. The molecule has 4 nitrogen and oxygen atoms in total. The van der Waals surface area contributed by atoms with Crippen LogP contribution in [0.4, 0.5) is 13.2 Å². The Morgan fingerprint density at radius 2 is 1.85 bits per heavy atom. The zero-order valence-electron chi connectivity index (χ0n) is 13.5. The number of halogens is 3. The minimum absolute atomic E-state index is 0.0270. The second kappa shape index (κ2) is 8.52. The summed E-state index contributed by atoms with van der Waals surface area (Å²) in [5.41, 5.74) is -0.351. The molecule has 3 N–H and O–H groups in total. The van der Waals surface area contributed by atoms with Crippen molar-refractivity contribution in [1.29, 1.82) is 0 Å². The zero-order valence-corrected chi connectivity index (χ0v) is 13.5. The number of hydrogen-bond acceptors (Lipinski definition) is 3. The summed E-state index contributed by atoms with van der Waals surface area (Å²) in [6.45, 7) is -0.728. The molecule has 0 aliphatic rings. The Morgan fingerprint density at radius 1 is 1.15 bits per heavy atom. The lowest BCUT2D eigenvalue weighted by Crippen LogP contribution is -2.33. The fourth-order valence-electron chi connectivity index (χ4n) is 2.17. The number of aliphatic hydroxyl groups is 2. The SMILES string of the molecule is O=C(C#Cc1ccc(-c2ccccc2)c(C(F)(F)F)c1)NCC(O)CO. The van der Waals surface area contributed by atoms with Gasteiger partial charge in [-0.25, -0.2) is 0 Å². The van der Waals surface area contributed by atoms with E-state index in [0.29, 0.717) is 5.56 Å². The summed E-state index contributed by atoms with van der Waals surface area (Å²) < 4.78 is 40.1. The van der Waals surface area contributed by atoms with Crippen molar-refractivity contribution in [2.24, 2.45) is 0 Å². The van der Waals surface area contributed by atoms with Crippen LogP contribution in [0.5, 0.6) is 0 Å². The first-order valence-corrected chi connectivity index (χ1v) is 7.66. The van der Waals surface area contributed by atoms with Gasteiger partial charge in [-0.1, -0.05) is 42.3 Å². The van der Waals surface area contributed by atoms with Crippen molar-refractivity contribution in [2.45, 2.75) is 12.3 Å². The molecule has 0 bridgehead atoms. The Balaban J connectivity index is 2.28. The number of alkyl halides is 3. The van der Waals surface area contributed by atoms with E-state index >= 15 is 0 Å². The van der Waals surface area contributed by atoms with E-state index in [2.05, 4.69) is 17.2 Å². The molecule has 1 unspecified atom stereocenters. The molecule has 2 aromatic rings. The number of carbonyl (C=O) groups is 1. The highest BCUT2D eigenvalue weighted by Gasteiger charge is 2.33. The molecule has 0 aromatic heterocycles. The summed E-state index contributed by atoms with van der Waals surface area (Å²) in [5.74, 6) is 3.76. The Labute approximate surface area is 148 Å². The van der Waals surface area contributed by atoms with E-state index in [1.807, 2.05) is 0 Å². The van der Waals surface area contributed by atoms with Crippen molar-refractivity contribution in [1.82, 2.24) is 5.32 Å². The smallest absolute Gasteiger partial charge is 0.394 e. The zero-order chi connectivity index (χ0) is 19.2. The molecule has 26 heavy (non-hydrogen) atoms. The topological polar surface area (TPSA) is 69.6 Å². The van der Waals surface area contributed by atoms with Crippen LogP contribution in [-0.4, -0.2) is 35.4 Å². The predicted molar refractivity (Wildman–Crippen MR) is 89.9 cm³/mol. The van der Waals surface area contributed by atoms with E-state index in [0.717, 1.165) is 6.07 Å². The Kier molecular flexibility index (Phi) is 6.39. The Morgan fingerprint density at radius 3 is 2.46 bits per heavy atom. The second-order valence-corrected chi connectivity index (χ2v) is 5.42. The highest BCUT2D eigenvalue weighted by Crippen LogP contribution is 2.37. The first-order valence-electron chi connectivity index (χ1n) is 7.66. The number of carbonyl (C=O) groups excluding carboxylic acids is 1. The lowest BCUT2D eigenvalue weighted by Gasteiger charge is -2.13. The van der Waals surface area contributed by atoms with Gasteiger partial charge in [0, 0.05) is 18.0 Å². The Hall–Kier alpha value is -2.82. The van der Waals surface area contributed by atoms with Crippen LogP contribution in [0.1, 0.15) is 11.1 Å². The minimum atomic E-state index is -4.57. The van der Waals surface area contributed by atoms with Gasteiger partial charge in [0.1, 0.15) is 0 Å². The summed E-state index contributed by atoms with van der Waals surface area (Å²) in [6.07, 6.45) is -5.70. The fraction of sp³-hybridized carbons (Fsp3) is 0.211. The van der Waals surface area contributed by atoms with E-state index in [4.69, 9.17) is 10.2 Å². The third-order valence-corrected chi connectivity index (χ3v) is 3.44. The third-order valence-electron chi connectivity index (χ3n) is 3.44. The molecule has 1 atom stereocenters. The molecule has 0 fully saturated rings. The van der Waals surface area contributed by atoms with E-state index in [9.17, 15) is 18.0 Å². The lowest BCUT2D eigenvalue weighted by atomic mass is 9.97. The average Bonchev–Trinajstić information content (AvgIpc) is 2.64. The van der Waals surface area contributed by atoms with Gasteiger partial charge >= 0.3 is 6.18 Å². The van der Waals surface area contributed by atoms with Gasteiger partial charge < -0.3 is 15.5 Å². The molecule has 136 valence electrons. The van der Waals surface area contributed by atoms with Crippen LogP contribution in [0, 0.1) is 11.8 Å². The lowest BCUT2D eigenvalue weighted by molar-refractivity contribution is -0.137. The van der Waals surface area contributed by atoms with Crippen molar-refractivity contribution in [3.63, 3.8) is 0 Å². The predicted octanol–water partition coefficient (Wildman–Crippen LogP) is 2.19. The van der Waals surface area contributed by atoms with Gasteiger partial charge in [-0.3, -0.25) is 4.79 Å². The summed E-state index contributed by atoms with van der Waals surface area (Å²) in [5, 5.41) is 20.0. The summed E-state index contributed by atoms with van der Waals surface area (Å²) >= 11 is 0. The largest absolute Gasteiger partial charge is 0.417 e. The number of amides is 1. The van der Waals surface area contributed by atoms with E-state index in [1.165, 1.54) is 12.1 Å². The standard InChI is InChI=1S/C19H16F3NO3/c20-19(21,22)17-10-13(7-9-18(26)23-11-15(25)12-24)6-8-16(17)14-4-2-1-3-5-14/h1-6,8,10,15,24-25H,11-12H2,(H,23,26). The van der Waals surface area contributed by atoms with Crippen molar-refractivity contribution >= 4 is 5.91 Å². The number of benzene rings is 2. The molecule has 0 aliphatic carbocycles. The normalized spacial score (nSPS) is 12.0. The summed E-state index contributed by atoms with van der Waals surface area (Å²) in [4.78, 5) is 11.5. The van der Waals surface area contributed by atoms with Gasteiger partial charge in [0.15, 0.2) is 0 Å². The number of hydrogen-bond donors (Lipinski definition) is 3. The maximum Gasteiger partial charge on any atom is 0.417 e. The molecule has 2 rings (SSSR count). The van der Waals surface area contributed by atoms with E-state index < -0.39 is 30.4 Å². The van der Waals surface area contributed by atoms with Gasteiger partial charge in [0.05, 0.1) is 18.3 Å². The van der Waals surface area contributed by atoms with Crippen LogP contribution in [0.15, 0.2) is 48.5 Å². The molecule has 2 aromatic carbocycles. The van der Waals surface area contributed by atoms with Crippen molar-refractivity contribution in [2.75, 3.05) is 13.2 Å². The van der Waals surface area contributed by atoms with Crippen LogP contribution < -0.4 is 5.32 Å². The van der Waals surface area contributed by atoms with Crippen LogP contribution in [0.25, 0.3) is 11.1 Å². The average molecular weight is 363 g/mol. The summed E-state index contributed by atoms with van der Waals surface area (Å²) in [7, 11) is 0. The monoisotopic (exact) mass is 363 g/mol. The quantitative estimate of drug-likeness (QED) is 0.730. The Bertz CT molecular complexity index is 823. The second-order valence-electron chi connectivity index (χ2n) is 5.42. The van der Waals surface area contributed by atoms with Gasteiger partial charge in [0.2, 0.25) is 0 Å². The number of rotatable bonds is 4. The van der Waals surface area contributed by atoms with Crippen LogP contribution in [0.2, 0.25) is 0 Å². The molecule has 0 saturated carbocycles. The highest BCUT2D eigenvalue weighted by molar-refractivity contribution is 5.94. The molecule has 0 aliphatic heterocycles. The van der Waals surface area contributed by atoms with E-state index in [1.54, 1.807) is 30.3 Å². The van der Waals surface area contributed by atoms with Crippen molar-refractivity contribution < 1.29 is 28.2 Å². The first-order chi connectivity index (χ1) is 12.3. The third kappa shape index (κ3) is 5.34. The van der Waals surface area contributed by atoms with Crippen LogP contribution >= 0.6 is 0 Å². The van der Waals surface area contributed by atoms with Crippen LogP contribution in [0.3, 0.4) is 0 Å². The van der Waals surface area contributed by atoms with Gasteiger partial charge in [-0.05, 0) is 23.3 Å². The molecule has 0 saturated heterocycles. The van der Waals surface area contributed by atoms with Gasteiger partial charge in [0.25, 0.3) is 5.91 Å². The van der Waals surface area contributed by atoms with Gasteiger partial charge in [-0.2, -0.15) is 13.2 Å². The molecular weight excluding hydrogens is 347 g/mol. The molecule has 0 radical (unpaired) electrons. The van der Waals surface area contributed by atoms with Gasteiger partial charge in [-0.15, -0.1) is 0 Å². The number of aliphatic hydroxyl groups excluding tert-OH is 2. The molecule has 0 spiro atoms. The van der Waals surface area contributed by atoms with Crippen molar-refractivity contribution in [3.8, 4) is 23.0 Å². The maximum atomic E-state index is 13.4. The first kappa shape index (κ1) is 19.5.